The molecule has 17 heavy (non-hydrogen) atoms. The van der Waals surface area contributed by atoms with Crippen molar-refractivity contribution in [2.75, 3.05) is 25.1 Å². The minimum atomic E-state index is -2.45. The van der Waals surface area contributed by atoms with Crippen molar-refractivity contribution < 1.29 is 23.4 Å². The predicted octanol–water partition coefficient (Wildman–Crippen LogP) is 2.08. The molecule has 1 aromatic rings. The lowest BCUT2D eigenvalue weighted by molar-refractivity contribution is 0.0215. The van der Waals surface area contributed by atoms with E-state index in [1.54, 1.807) is 12.1 Å². The van der Waals surface area contributed by atoms with Gasteiger partial charge in [0.15, 0.2) is 0 Å². The van der Waals surface area contributed by atoms with Gasteiger partial charge in [-0.25, -0.2) is 13.6 Å². The summed E-state index contributed by atoms with van der Waals surface area (Å²) in [5.74, 6) is -0.989. The average molecular weight is 245 g/mol. The van der Waals surface area contributed by atoms with Crippen LogP contribution in [0.25, 0.3) is 0 Å². The molecule has 4 nitrogen and oxygen atoms in total. The number of benzene rings is 1. The van der Waals surface area contributed by atoms with E-state index in [2.05, 4.69) is 10.1 Å². The summed E-state index contributed by atoms with van der Waals surface area (Å²) in [4.78, 5) is 10.6. The van der Waals surface area contributed by atoms with Crippen LogP contribution in [0.1, 0.15) is 10.4 Å². The van der Waals surface area contributed by atoms with Crippen LogP contribution in [0, 0.1) is 0 Å². The number of rotatable bonds is 7. The molecule has 0 aromatic heterocycles. The second-order valence-corrected chi connectivity index (χ2v) is 3.28. The van der Waals surface area contributed by atoms with Crippen molar-refractivity contribution in [3.05, 3.63) is 29.8 Å². The first-order valence-corrected chi connectivity index (χ1v) is 5.02. The number of halogens is 2. The van der Waals surface area contributed by atoms with Crippen molar-refractivity contribution >= 4 is 11.7 Å². The number of nitrogens with one attached hydrogen (secondary N) is 1. The Labute approximate surface area is 97.2 Å². The topological polar surface area (TPSA) is 58.6 Å². The molecule has 0 atom stereocenters. The van der Waals surface area contributed by atoms with Crippen molar-refractivity contribution in [3.63, 3.8) is 0 Å². The van der Waals surface area contributed by atoms with Crippen LogP contribution in [0.15, 0.2) is 24.3 Å². The number of hydrogen-bond acceptors (Lipinski definition) is 3. The second-order valence-electron chi connectivity index (χ2n) is 3.28. The fourth-order valence-corrected chi connectivity index (χ4v) is 1.17. The highest BCUT2D eigenvalue weighted by Crippen LogP contribution is 2.08. The molecular formula is C11H13F2NO3. The third kappa shape index (κ3) is 5.26. The summed E-state index contributed by atoms with van der Waals surface area (Å²) < 4.78 is 28.1. The molecule has 0 fully saturated rings. The van der Waals surface area contributed by atoms with E-state index in [0.717, 1.165) is 5.69 Å². The van der Waals surface area contributed by atoms with E-state index in [1.807, 2.05) is 0 Å². The highest BCUT2D eigenvalue weighted by Gasteiger charge is 2.02. The Morgan fingerprint density at radius 3 is 2.53 bits per heavy atom. The van der Waals surface area contributed by atoms with Crippen LogP contribution in [0.2, 0.25) is 0 Å². The largest absolute Gasteiger partial charge is 0.478 e. The predicted molar refractivity (Wildman–Crippen MR) is 58.7 cm³/mol. The smallest absolute Gasteiger partial charge is 0.335 e. The molecule has 1 aromatic carbocycles. The van der Waals surface area contributed by atoms with Gasteiger partial charge in [-0.1, -0.05) is 0 Å². The first kappa shape index (κ1) is 13.4. The van der Waals surface area contributed by atoms with Crippen molar-refractivity contribution in [2.24, 2.45) is 0 Å². The maximum Gasteiger partial charge on any atom is 0.335 e. The van der Waals surface area contributed by atoms with Gasteiger partial charge in [-0.05, 0) is 24.3 Å². The Morgan fingerprint density at radius 2 is 2.00 bits per heavy atom. The van der Waals surface area contributed by atoms with Crippen LogP contribution in [0.3, 0.4) is 0 Å². The lowest BCUT2D eigenvalue weighted by Gasteiger charge is -2.07. The molecule has 6 heteroatoms. The van der Waals surface area contributed by atoms with Crippen LogP contribution in [-0.2, 0) is 4.74 Å². The molecule has 0 amide bonds. The van der Waals surface area contributed by atoms with E-state index >= 15 is 0 Å². The lowest BCUT2D eigenvalue weighted by atomic mass is 10.2. The minimum Gasteiger partial charge on any atom is -0.478 e. The van der Waals surface area contributed by atoms with Gasteiger partial charge < -0.3 is 15.2 Å². The summed E-state index contributed by atoms with van der Waals surface area (Å²) >= 11 is 0. The van der Waals surface area contributed by atoms with Gasteiger partial charge in [0.05, 0.1) is 12.2 Å². The zero-order chi connectivity index (χ0) is 12.7. The molecule has 94 valence electrons. The summed E-state index contributed by atoms with van der Waals surface area (Å²) in [5, 5.41) is 11.6. The number of anilines is 1. The molecule has 0 saturated heterocycles. The van der Waals surface area contributed by atoms with Crippen molar-refractivity contribution in [2.45, 2.75) is 6.43 Å². The van der Waals surface area contributed by atoms with E-state index in [-0.39, 0.29) is 12.2 Å². The average Bonchev–Trinajstić information content (AvgIpc) is 2.29. The number of aromatic carboxylic acids is 1. The number of hydrogen-bond donors (Lipinski definition) is 2. The molecule has 0 aliphatic carbocycles. The summed E-state index contributed by atoms with van der Waals surface area (Å²) in [6.45, 7) is -0.0101. The Bertz CT molecular complexity index is 354. The monoisotopic (exact) mass is 245 g/mol. The lowest BCUT2D eigenvalue weighted by Crippen LogP contribution is -2.13. The standard InChI is InChI=1S/C11H13F2NO3/c12-10(13)7-17-6-5-14-9-3-1-8(2-4-9)11(15)16/h1-4,10,14H,5-7H2,(H,15,16). The molecule has 0 unspecified atom stereocenters. The Hall–Kier alpha value is -1.69. The Balaban J connectivity index is 2.25. The summed E-state index contributed by atoms with van der Waals surface area (Å²) in [7, 11) is 0. The Kier molecular flexibility index (Phi) is 5.35. The quantitative estimate of drug-likeness (QED) is 0.722. The number of alkyl halides is 2. The fraction of sp³-hybridized carbons (Fsp3) is 0.364. The van der Waals surface area contributed by atoms with Crippen LogP contribution in [-0.4, -0.2) is 37.3 Å². The summed E-state index contributed by atoms with van der Waals surface area (Å²) in [6, 6.07) is 6.14. The highest BCUT2D eigenvalue weighted by molar-refractivity contribution is 5.87. The SMILES string of the molecule is O=C(O)c1ccc(NCCOCC(F)F)cc1. The minimum absolute atomic E-state index is 0.172. The van der Waals surface area contributed by atoms with E-state index in [1.165, 1.54) is 12.1 Å². The molecule has 0 aliphatic heterocycles. The third-order valence-electron chi connectivity index (χ3n) is 1.95. The number of ether oxygens (including phenoxy) is 1. The first-order chi connectivity index (χ1) is 8.09. The zero-order valence-electron chi connectivity index (χ0n) is 9.03. The molecule has 0 saturated carbocycles. The van der Waals surface area contributed by atoms with Crippen molar-refractivity contribution in [3.8, 4) is 0 Å². The van der Waals surface area contributed by atoms with Gasteiger partial charge in [0, 0.05) is 12.2 Å². The summed E-state index contributed by atoms with van der Waals surface area (Å²) in [5.41, 5.74) is 0.917. The van der Waals surface area contributed by atoms with Gasteiger partial charge in [0.2, 0.25) is 0 Å². The molecule has 0 radical (unpaired) electrons. The van der Waals surface area contributed by atoms with Crippen LogP contribution < -0.4 is 5.32 Å². The zero-order valence-corrected chi connectivity index (χ0v) is 9.03. The molecule has 0 heterocycles. The molecular weight excluding hydrogens is 232 g/mol. The van der Waals surface area contributed by atoms with Crippen molar-refractivity contribution in [1.29, 1.82) is 0 Å². The molecule has 1 rings (SSSR count). The van der Waals surface area contributed by atoms with Crippen LogP contribution in [0.5, 0.6) is 0 Å². The van der Waals surface area contributed by atoms with Gasteiger partial charge in [0.1, 0.15) is 6.61 Å². The molecule has 0 bridgehead atoms. The fourth-order valence-electron chi connectivity index (χ4n) is 1.17. The number of carboxylic acid groups (broad SMARTS) is 1. The van der Waals surface area contributed by atoms with Crippen LogP contribution >= 0.6 is 0 Å². The summed E-state index contributed by atoms with van der Waals surface area (Å²) in [6.07, 6.45) is -2.45. The second kappa shape index (κ2) is 6.80. The maximum atomic E-state index is 11.7. The normalized spacial score (nSPS) is 10.5. The van der Waals surface area contributed by atoms with E-state index in [0.29, 0.717) is 6.54 Å². The molecule has 2 N–H and O–H groups in total. The van der Waals surface area contributed by atoms with Gasteiger partial charge in [-0.2, -0.15) is 0 Å². The number of carboxylic acids is 1. The molecule has 0 spiro atoms. The maximum absolute atomic E-state index is 11.7. The van der Waals surface area contributed by atoms with Gasteiger partial charge in [0.25, 0.3) is 6.43 Å². The van der Waals surface area contributed by atoms with Gasteiger partial charge in [-0.15, -0.1) is 0 Å². The third-order valence-corrected chi connectivity index (χ3v) is 1.95. The Morgan fingerprint density at radius 1 is 1.35 bits per heavy atom. The highest BCUT2D eigenvalue weighted by atomic mass is 19.3. The van der Waals surface area contributed by atoms with Crippen molar-refractivity contribution in [1.82, 2.24) is 0 Å². The first-order valence-electron chi connectivity index (χ1n) is 5.02. The molecule has 0 aliphatic rings. The van der Waals surface area contributed by atoms with E-state index < -0.39 is 19.0 Å². The van der Waals surface area contributed by atoms with Crippen LogP contribution in [0.4, 0.5) is 14.5 Å². The number of carbonyl (C=O) groups is 1. The van der Waals surface area contributed by atoms with Gasteiger partial charge in [-0.3, -0.25) is 0 Å². The van der Waals surface area contributed by atoms with Gasteiger partial charge >= 0.3 is 5.97 Å². The van der Waals surface area contributed by atoms with E-state index in [9.17, 15) is 13.6 Å². The van der Waals surface area contributed by atoms with E-state index in [4.69, 9.17) is 5.11 Å².